The maximum absolute atomic E-state index is 13.0. The minimum Gasteiger partial charge on any atom is -0.283 e. The molecule has 5 heteroatoms. The third-order valence-electron chi connectivity index (χ3n) is 4.02. The van der Waals surface area contributed by atoms with Crippen LogP contribution in [0.2, 0.25) is 0 Å². The highest BCUT2D eigenvalue weighted by atomic mass is 32.2. The largest absolute Gasteiger partial charge is 0.283 e. The van der Waals surface area contributed by atoms with Crippen LogP contribution in [0.5, 0.6) is 0 Å². The molecule has 0 spiro atoms. The standard InChI is InChI=1S/C17H20N2OS2/c1-4-8-19-16(20)14-12-7-6-11(3)10-13(12)22-15(14)18-17(19)21-9-5-2/h4-5,11H,1-2,6-10H2,3H3/t11-/m0/s1. The van der Waals surface area contributed by atoms with Crippen molar-refractivity contribution in [2.24, 2.45) is 5.92 Å². The Labute approximate surface area is 138 Å². The molecule has 2 heterocycles. The van der Waals surface area contributed by atoms with Crippen molar-refractivity contribution in [2.45, 2.75) is 37.9 Å². The van der Waals surface area contributed by atoms with Crippen LogP contribution in [-0.2, 0) is 19.4 Å². The molecular weight excluding hydrogens is 312 g/mol. The van der Waals surface area contributed by atoms with Gasteiger partial charge in [0.05, 0.1) is 5.39 Å². The first-order valence-electron chi connectivity index (χ1n) is 7.55. The third kappa shape index (κ3) is 2.68. The fraction of sp³-hybridized carbons (Fsp3) is 0.412. The van der Waals surface area contributed by atoms with E-state index in [1.54, 1.807) is 33.7 Å². The summed E-state index contributed by atoms with van der Waals surface area (Å²) in [5.41, 5.74) is 1.33. The van der Waals surface area contributed by atoms with Crippen molar-refractivity contribution in [3.05, 3.63) is 46.1 Å². The Bertz CT molecular complexity index is 788. The molecule has 0 saturated carbocycles. The first-order chi connectivity index (χ1) is 10.7. The molecule has 0 fully saturated rings. The molecule has 0 saturated heterocycles. The van der Waals surface area contributed by atoms with Crippen molar-refractivity contribution in [3.8, 4) is 0 Å². The lowest BCUT2D eigenvalue weighted by Gasteiger charge is -2.17. The molecular formula is C17H20N2OS2. The predicted octanol–water partition coefficient (Wildman–Crippen LogP) is 4.05. The van der Waals surface area contributed by atoms with Gasteiger partial charge in [0, 0.05) is 17.2 Å². The van der Waals surface area contributed by atoms with Crippen LogP contribution in [0, 0.1) is 5.92 Å². The molecule has 2 aromatic heterocycles. The molecule has 0 unspecified atom stereocenters. The van der Waals surface area contributed by atoms with Gasteiger partial charge in [-0.25, -0.2) is 4.98 Å². The molecule has 0 bridgehead atoms. The zero-order chi connectivity index (χ0) is 15.7. The summed E-state index contributed by atoms with van der Waals surface area (Å²) in [7, 11) is 0. The summed E-state index contributed by atoms with van der Waals surface area (Å²) in [6, 6.07) is 0. The van der Waals surface area contributed by atoms with Crippen LogP contribution in [0.3, 0.4) is 0 Å². The molecule has 0 radical (unpaired) electrons. The fourth-order valence-electron chi connectivity index (χ4n) is 2.94. The summed E-state index contributed by atoms with van der Waals surface area (Å²) >= 11 is 3.26. The number of aromatic nitrogens is 2. The van der Waals surface area contributed by atoms with Crippen molar-refractivity contribution in [1.82, 2.24) is 9.55 Å². The Kier molecular flexibility index (Phi) is 4.54. The zero-order valence-corrected chi connectivity index (χ0v) is 14.4. The zero-order valence-electron chi connectivity index (χ0n) is 12.8. The third-order valence-corrected chi connectivity index (χ3v) is 6.14. The van der Waals surface area contributed by atoms with Crippen molar-refractivity contribution in [3.63, 3.8) is 0 Å². The van der Waals surface area contributed by atoms with E-state index in [1.165, 1.54) is 10.4 Å². The monoisotopic (exact) mass is 332 g/mol. The summed E-state index contributed by atoms with van der Waals surface area (Å²) < 4.78 is 1.74. The van der Waals surface area contributed by atoms with Crippen molar-refractivity contribution >= 4 is 33.3 Å². The van der Waals surface area contributed by atoms with Gasteiger partial charge in [-0.3, -0.25) is 9.36 Å². The molecule has 3 nitrogen and oxygen atoms in total. The van der Waals surface area contributed by atoms with Crippen LogP contribution >= 0.6 is 23.1 Å². The Balaban J connectivity index is 2.21. The number of aryl methyl sites for hydroxylation is 1. The second-order valence-corrected chi connectivity index (χ2v) is 7.80. The van der Waals surface area contributed by atoms with E-state index in [2.05, 4.69) is 20.1 Å². The molecule has 2 aromatic rings. The second-order valence-electron chi connectivity index (χ2n) is 5.73. The second kappa shape index (κ2) is 6.42. The van der Waals surface area contributed by atoms with E-state index >= 15 is 0 Å². The van der Waals surface area contributed by atoms with Crippen LogP contribution in [0.15, 0.2) is 35.3 Å². The Morgan fingerprint density at radius 1 is 1.45 bits per heavy atom. The van der Waals surface area contributed by atoms with E-state index in [0.29, 0.717) is 12.5 Å². The molecule has 0 aromatic carbocycles. The number of allylic oxidation sites excluding steroid dienone is 1. The highest BCUT2D eigenvalue weighted by Gasteiger charge is 2.24. The van der Waals surface area contributed by atoms with Crippen molar-refractivity contribution < 1.29 is 0 Å². The topological polar surface area (TPSA) is 34.9 Å². The van der Waals surface area contributed by atoms with Gasteiger partial charge in [-0.1, -0.05) is 30.8 Å². The van der Waals surface area contributed by atoms with Crippen LogP contribution in [0.4, 0.5) is 0 Å². The maximum Gasteiger partial charge on any atom is 0.263 e. The summed E-state index contributed by atoms with van der Waals surface area (Å²) in [5.74, 6) is 1.45. The molecule has 1 aliphatic rings. The molecule has 116 valence electrons. The van der Waals surface area contributed by atoms with Crippen molar-refractivity contribution in [1.29, 1.82) is 0 Å². The van der Waals surface area contributed by atoms with Crippen molar-refractivity contribution in [2.75, 3.05) is 5.75 Å². The number of rotatable bonds is 5. The number of fused-ring (bicyclic) bond motifs is 3. The predicted molar refractivity (Wildman–Crippen MR) is 96.2 cm³/mol. The van der Waals surface area contributed by atoms with Crippen LogP contribution in [-0.4, -0.2) is 15.3 Å². The van der Waals surface area contributed by atoms with Gasteiger partial charge in [0.25, 0.3) is 5.56 Å². The number of hydrogen-bond acceptors (Lipinski definition) is 4. The average molecular weight is 332 g/mol. The molecule has 0 N–H and O–H groups in total. The first kappa shape index (κ1) is 15.6. The number of thioether (sulfide) groups is 1. The van der Waals surface area contributed by atoms with Crippen LogP contribution < -0.4 is 5.56 Å². The minimum atomic E-state index is 0.0866. The number of thiophene rings is 1. The molecule has 1 atom stereocenters. The van der Waals surface area contributed by atoms with Gasteiger partial charge in [-0.05, 0) is 30.7 Å². The van der Waals surface area contributed by atoms with Gasteiger partial charge in [-0.15, -0.1) is 24.5 Å². The fourth-order valence-corrected chi connectivity index (χ4v) is 5.11. The summed E-state index contributed by atoms with van der Waals surface area (Å²) in [6.45, 7) is 10.3. The molecule has 22 heavy (non-hydrogen) atoms. The summed E-state index contributed by atoms with van der Waals surface area (Å²) in [5, 5.41) is 1.61. The van der Waals surface area contributed by atoms with Gasteiger partial charge in [0.1, 0.15) is 4.83 Å². The molecule has 3 rings (SSSR count). The highest BCUT2D eigenvalue weighted by molar-refractivity contribution is 7.99. The Morgan fingerprint density at radius 3 is 3.00 bits per heavy atom. The molecule has 0 amide bonds. The number of hydrogen-bond donors (Lipinski definition) is 0. The van der Waals surface area contributed by atoms with Gasteiger partial charge >= 0.3 is 0 Å². The van der Waals surface area contributed by atoms with Gasteiger partial charge < -0.3 is 0 Å². The van der Waals surface area contributed by atoms with Gasteiger partial charge in [-0.2, -0.15) is 0 Å². The van der Waals surface area contributed by atoms with E-state index in [-0.39, 0.29) is 5.56 Å². The lowest BCUT2D eigenvalue weighted by molar-refractivity contribution is 0.509. The first-order valence-corrected chi connectivity index (χ1v) is 9.35. The smallest absolute Gasteiger partial charge is 0.263 e. The lowest BCUT2D eigenvalue weighted by Crippen LogP contribution is -2.23. The SMILES string of the molecule is C=CCSc1nc2sc3c(c2c(=O)n1CC=C)CC[C@H](C)C3. The van der Waals surface area contributed by atoms with E-state index in [0.717, 1.165) is 40.4 Å². The normalized spacial score (nSPS) is 17.4. The van der Waals surface area contributed by atoms with E-state index < -0.39 is 0 Å². The summed E-state index contributed by atoms with van der Waals surface area (Å²) in [4.78, 5) is 20.0. The molecule has 1 aliphatic carbocycles. The summed E-state index contributed by atoms with van der Waals surface area (Å²) in [6.07, 6.45) is 6.83. The quantitative estimate of drug-likeness (QED) is 0.471. The van der Waals surface area contributed by atoms with E-state index in [1.807, 2.05) is 6.08 Å². The average Bonchev–Trinajstić information content (AvgIpc) is 2.85. The lowest BCUT2D eigenvalue weighted by atomic mass is 9.89. The van der Waals surface area contributed by atoms with Crippen LogP contribution in [0.25, 0.3) is 10.2 Å². The van der Waals surface area contributed by atoms with E-state index in [4.69, 9.17) is 4.98 Å². The van der Waals surface area contributed by atoms with Gasteiger partial charge in [0.2, 0.25) is 0 Å². The van der Waals surface area contributed by atoms with Gasteiger partial charge in [0.15, 0.2) is 5.16 Å². The molecule has 0 aliphatic heterocycles. The maximum atomic E-state index is 13.0. The van der Waals surface area contributed by atoms with Crippen LogP contribution in [0.1, 0.15) is 23.8 Å². The van der Waals surface area contributed by atoms with E-state index in [9.17, 15) is 4.79 Å². The Hall–Kier alpha value is -1.33. The Morgan fingerprint density at radius 2 is 2.27 bits per heavy atom. The number of nitrogens with zero attached hydrogens (tertiary/aromatic N) is 2. The minimum absolute atomic E-state index is 0.0866. The highest BCUT2D eigenvalue weighted by Crippen LogP contribution is 2.36.